The van der Waals surface area contributed by atoms with E-state index >= 15 is 0 Å². The number of aliphatic imine (C=N–C) groups is 2. The number of nitrogens with one attached hydrogen (secondary N) is 5. The van der Waals surface area contributed by atoms with E-state index in [0.717, 1.165) is 17.4 Å². The molecule has 0 aliphatic rings. The van der Waals surface area contributed by atoms with Gasteiger partial charge in [-0.25, -0.2) is 4.98 Å². The molecule has 1 heterocycles. The average Bonchev–Trinajstić information content (AvgIpc) is 3.56. The maximum Gasteiger partial charge on any atom is 0.243 e. The van der Waals surface area contributed by atoms with E-state index in [0.29, 0.717) is 37.7 Å². The van der Waals surface area contributed by atoms with Gasteiger partial charge in [-0.15, -0.1) is 0 Å². The molecule has 0 fully saturated rings. The highest BCUT2D eigenvalue weighted by Gasteiger charge is 2.31. The molecule has 1 rings (SSSR count). The molecule has 0 aliphatic carbocycles. The van der Waals surface area contributed by atoms with Crippen molar-refractivity contribution in [1.29, 1.82) is 0 Å². The first-order chi connectivity index (χ1) is 23.9. The molecule has 0 radical (unpaired) electrons. The lowest BCUT2D eigenvalue weighted by atomic mass is 10.0. The number of rotatable bonds is 25. The summed E-state index contributed by atoms with van der Waals surface area (Å²) >= 11 is 0. The van der Waals surface area contributed by atoms with Crippen molar-refractivity contribution in [2.45, 2.75) is 95.4 Å². The zero-order valence-corrected chi connectivity index (χ0v) is 30.7. The van der Waals surface area contributed by atoms with Crippen molar-refractivity contribution in [3.8, 4) is 0 Å². The highest BCUT2D eigenvalue weighted by Crippen LogP contribution is 2.09. The van der Waals surface area contributed by atoms with Crippen LogP contribution in [-0.2, 0) is 30.4 Å². The van der Waals surface area contributed by atoms with E-state index in [2.05, 4.69) is 62.4 Å². The van der Waals surface area contributed by atoms with Crippen LogP contribution < -0.4 is 49.9 Å². The number of hydrogen-bond acceptors (Lipinski definition) is 9. The quantitative estimate of drug-likeness (QED) is 0.0160. The number of aromatic amines is 1. The topological polar surface area (TPSA) is 317 Å². The summed E-state index contributed by atoms with van der Waals surface area (Å²) < 4.78 is 0.729. The minimum Gasteiger partial charge on any atom is -0.370 e. The van der Waals surface area contributed by atoms with Gasteiger partial charge in [-0.3, -0.25) is 29.2 Å². The van der Waals surface area contributed by atoms with Crippen LogP contribution in [0.2, 0.25) is 0 Å². The smallest absolute Gasteiger partial charge is 0.243 e. The molecule has 0 spiro atoms. The number of nitrogens with two attached hydrogens (primary N) is 5. The van der Waals surface area contributed by atoms with Crippen LogP contribution in [0.5, 0.6) is 0 Å². The molecule has 0 unspecified atom stereocenters. The Hall–Kier alpha value is -4.78. The molecule has 0 aliphatic heterocycles. The van der Waals surface area contributed by atoms with Gasteiger partial charge in [0.2, 0.25) is 23.6 Å². The van der Waals surface area contributed by atoms with Crippen LogP contribution in [0, 0.1) is 5.92 Å². The van der Waals surface area contributed by atoms with Gasteiger partial charge in [-0.1, -0.05) is 13.8 Å². The Bertz CT molecular complexity index is 1290. The molecular formula is C32H61N14O5+. The van der Waals surface area contributed by atoms with E-state index in [1.165, 1.54) is 12.5 Å². The van der Waals surface area contributed by atoms with Crippen molar-refractivity contribution < 1.29 is 28.5 Å². The summed E-state index contributed by atoms with van der Waals surface area (Å²) in [4.78, 5) is 80.5. The number of H-pyrrole nitrogens is 1. The molecule has 19 nitrogen and oxygen atoms in total. The van der Waals surface area contributed by atoms with Crippen LogP contribution in [0.4, 0.5) is 0 Å². The molecule has 0 bridgehead atoms. The highest BCUT2D eigenvalue weighted by atomic mass is 16.2. The third-order valence-electron chi connectivity index (χ3n) is 7.87. The standard InChI is InChI=1S/C32H60N14O5/c1-20(2)26(18-47)45-29(50)23(11-6-7-15-46(3,4)5)42-28(49)24(12-9-14-40-32(36)37)43-30(51)25(16-21-17-38-19-41-21)44-27(48)22(33)10-8-13-39-31(34)35/h17-20,22-26H,6-16,33H2,1-5H3,(H12-,34,35,36,37,38,39,40,41,42,43,44,45,48,49,50,51)/p+1/t22-,23-,24-,25-,26+/m0/s1. The van der Waals surface area contributed by atoms with Crippen LogP contribution in [0.15, 0.2) is 22.5 Å². The number of aldehydes is 1. The molecule has 0 aromatic carbocycles. The second-order valence-corrected chi connectivity index (χ2v) is 13.9. The lowest BCUT2D eigenvalue weighted by molar-refractivity contribution is -0.870. The van der Waals surface area contributed by atoms with Crippen molar-refractivity contribution in [3.05, 3.63) is 18.2 Å². The van der Waals surface area contributed by atoms with E-state index in [4.69, 9.17) is 28.7 Å². The molecule has 1 aromatic rings. The Morgan fingerprint density at radius 3 is 1.78 bits per heavy atom. The largest absolute Gasteiger partial charge is 0.370 e. The predicted octanol–water partition coefficient (Wildman–Crippen LogP) is -2.94. The van der Waals surface area contributed by atoms with Gasteiger partial charge in [0, 0.05) is 31.4 Å². The zero-order chi connectivity index (χ0) is 38.6. The number of carbonyl (C=O) groups is 5. The Kier molecular flexibility index (Phi) is 19.8. The molecule has 19 heteroatoms. The molecular weight excluding hydrogens is 660 g/mol. The fourth-order valence-electron chi connectivity index (χ4n) is 4.90. The Labute approximate surface area is 300 Å². The first kappa shape index (κ1) is 44.2. The minimum atomic E-state index is -1.15. The zero-order valence-electron chi connectivity index (χ0n) is 30.7. The number of nitrogens with zero attached hydrogens (tertiary/aromatic N) is 4. The van der Waals surface area contributed by atoms with Gasteiger partial charge in [-0.05, 0) is 50.9 Å². The monoisotopic (exact) mass is 721 g/mol. The third-order valence-corrected chi connectivity index (χ3v) is 7.87. The predicted molar refractivity (Wildman–Crippen MR) is 195 cm³/mol. The van der Waals surface area contributed by atoms with Crippen molar-refractivity contribution in [3.63, 3.8) is 0 Å². The molecule has 0 saturated heterocycles. The number of imidazole rings is 1. The molecule has 288 valence electrons. The average molecular weight is 722 g/mol. The molecule has 5 atom stereocenters. The van der Waals surface area contributed by atoms with Gasteiger partial charge < -0.3 is 64.2 Å². The van der Waals surface area contributed by atoms with E-state index < -0.39 is 53.8 Å². The van der Waals surface area contributed by atoms with Gasteiger partial charge in [0.05, 0.1) is 46.1 Å². The summed E-state index contributed by atoms with van der Waals surface area (Å²) in [6.45, 7) is 4.90. The van der Waals surface area contributed by atoms with E-state index in [1.807, 2.05) is 0 Å². The number of quaternary nitrogens is 1. The van der Waals surface area contributed by atoms with Gasteiger partial charge >= 0.3 is 0 Å². The lowest BCUT2D eigenvalue weighted by Crippen LogP contribution is -2.58. The van der Waals surface area contributed by atoms with Crippen molar-refractivity contribution >= 4 is 41.8 Å². The summed E-state index contributed by atoms with van der Waals surface area (Å²) in [6.07, 6.45) is 6.39. The molecule has 1 aromatic heterocycles. The number of carbonyl (C=O) groups excluding carboxylic acids is 5. The fraction of sp³-hybridized carbons (Fsp3) is 0.688. The second kappa shape index (κ2) is 22.8. The van der Waals surface area contributed by atoms with Crippen molar-refractivity contribution in [2.75, 3.05) is 40.8 Å². The number of aromatic nitrogens is 2. The Balaban J connectivity index is 3.26. The van der Waals surface area contributed by atoms with Gasteiger partial charge in [0.15, 0.2) is 11.9 Å². The first-order valence-corrected chi connectivity index (χ1v) is 17.2. The maximum absolute atomic E-state index is 13.9. The summed E-state index contributed by atoms with van der Waals surface area (Å²) in [7, 11) is 6.18. The number of guanidine groups is 2. The normalized spacial score (nSPS) is 14.3. The number of hydrogen-bond donors (Lipinski definition) is 10. The number of amides is 4. The van der Waals surface area contributed by atoms with Crippen molar-refractivity contribution in [2.24, 2.45) is 44.6 Å². The highest BCUT2D eigenvalue weighted by molar-refractivity contribution is 5.95. The van der Waals surface area contributed by atoms with Crippen LogP contribution in [-0.4, -0.2) is 127 Å². The fourth-order valence-corrected chi connectivity index (χ4v) is 4.90. The maximum atomic E-state index is 13.9. The van der Waals surface area contributed by atoms with Gasteiger partial charge in [0.1, 0.15) is 24.4 Å². The molecule has 15 N–H and O–H groups in total. The third kappa shape index (κ3) is 19.3. The van der Waals surface area contributed by atoms with Crippen molar-refractivity contribution in [1.82, 2.24) is 31.2 Å². The number of unbranched alkanes of at least 4 members (excludes halogenated alkanes) is 1. The van der Waals surface area contributed by atoms with E-state index in [-0.39, 0.29) is 50.2 Å². The first-order valence-electron chi connectivity index (χ1n) is 17.2. The molecule has 0 saturated carbocycles. The molecule has 51 heavy (non-hydrogen) atoms. The Morgan fingerprint density at radius 2 is 1.29 bits per heavy atom. The SMILES string of the molecule is CC(C)[C@@H](C=O)NC(=O)[C@H](CCCC[N+](C)(C)C)NC(=O)[C@H](CCCN=C(N)N)NC(=O)[C@H](Cc1cnc[nH]1)NC(=O)[C@@H](N)CCCN=C(N)N. The second-order valence-electron chi connectivity index (χ2n) is 13.9. The summed E-state index contributed by atoms with van der Waals surface area (Å²) in [6, 6.07) is -4.99. The van der Waals surface area contributed by atoms with Crippen LogP contribution in [0.25, 0.3) is 0 Å². The minimum absolute atomic E-state index is 0.0141. The van der Waals surface area contributed by atoms with Crippen LogP contribution in [0.3, 0.4) is 0 Å². The summed E-state index contributed by atoms with van der Waals surface area (Å²) in [5.74, 6) is -2.77. The lowest BCUT2D eigenvalue weighted by Gasteiger charge is -2.27. The van der Waals surface area contributed by atoms with Crippen LogP contribution in [0.1, 0.15) is 64.5 Å². The van der Waals surface area contributed by atoms with Gasteiger partial charge in [0.25, 0.3) is 0 Å². The van der Waals surface area contributed by atoms with E-state index in [1.54, 1.807) is 13.8 Å². The summed E-state index contributed by atoms with van der Waals surface area (Å²) in [5.41, 5.74) is 28.3. The van der Waals surface area contributed by atoms with Gasteiger partial charge in [-0.2, -0.15) is 0 Å². The molecule has 4 amide bonds. The van der Waals surface area contributed by atoms with E-state index in [9.17, 15) is 24.0 Å². The Morgan fingerprint density at radius 1 is 0.784 bits per heavy atom. The summed E-state index contributed by atoms with van der Waals surface area (Å²) in [5, 5.41) is 10.9. The van der Waals surface area contributed by atoms with Crippen LogP contribution >= 0.6 is 0 Å².